The molecule has 0 amide bonds. The Morgan fingerprint density at radius 1 is 0.102 bits per heavy atom. The van der Waals surface area contributed by atoms with Crippen molar-refractivity contribution in [1.82, 2.24) is 0 Å². The molecule has 22 aromatic carbocycles. The number of benzene rings is 22. The molecule has 0 heteroatoms. The molecule has 0 unspecified atom stereocenters. The Bertz CT molecular complexity index is 12400. The number of rotatable bonds is 12. The first-order chi connectivity index (χ1) is 91.9. The Hall–Kier alpha value is -15.3. The van der Waals surface area contributed by atoms with Gasteiger partial charge in [-0.3, -0.25) is 0 Å². The van der Waals surface area contributed by atoms with Gasteiger partial charge < -0.3 is 0 Å². The summed E-state index contributed by atoms with van der Waals surface area (Å²) in [5, 5.41) is -11.0. The van der Waals surface area contributed by atoms with E-state index in [9.17, 15) is 28.8 Å². The van der Waals surface area contributed by atoms with Crippen LogP contribution in [0.4, 0.5) is 0 Å². The zero-order valence-electron chi connectivity index (χ0n) is 139. The lowest BCUT2D eigenvalue weighted by Gasteiger charge is -2.19. The van der Waals surface area contributed by atoms with E-state index in [2.05, 4.69) is 0 Å². The van der Waals surface area contributed by atoms with Crippen LogP contribution < -0.4 is 0 Å². The normalized spacial score (nSPS) is 20.7. The standard InChI is InChI=1S/C42H28.2C38H26/c1-3-13-29(14-4-1)32-19-11-20-34(27-32)42-38-23-10-9-22-37(38)41(31-16-5-2-6-17-31)40-28-33(25-26-39(40)42)36-24-12-18-30-15-7-8-21-35(30)36;1-4-13-27(14-5-1)30-19-12-20-32(25-30)38-34-22-11-10-21-33(34)37(29-17-8-3-9-18-29)36-26-31(23-24-35(36)38)28-15-6-2-7-16-28;1-4-13-27(14-5-1)30-19-12-20-32(25-30)38-34-22-11-10-21-33(34)37(29-17-8-3-9-18-29)35-24-23-31(26-36(35)38)28-15-6-2-7-16-28/h1-28H;2*1-26H/i1D,2D,3D,4D,5D,6D,7D,8D,9D,10D,11D,12D,13D,14D,15D,16D,17D,18D,19D,20D,21D,22D,23D,24D,25D,26D,27D,28D;2*1D,2D,3D,4D,5D,6D,7D,8D,9D,10D,11D,12D,13D,14D,15D,16D,17D,18D,19D,20D,21D,22D,23D,24D,25D,26D. The topological polar surface area (TPSA) is 0 Å². The highest BCUT2D eigenvalue weighted by Crippen LogP contribution is 2.50. The summed E-state index contributed by atoms with van der Waals surface area (Å²) in [6, 6.07) is -79.3. The number of hydrogen-bond donors (Lipinski definition) is 0. The van der Waals surface area contributed by atoms with Gasteiger partial charge >= 0.3 is 0 Å². The summed E-state index contributed by atoms with van der Waals surface area (Å²) >= 11 is 0. The summed E-state index contributed by atoms with van der Waals surface area (Å²) in [7, 11) is 0. The second-order valence-corrected chi connectivity index (χ2v) is 24.2. The van der Waals surface area contributed by atoms with Gasteiger partial charge in [-0.1, -0.05) is 447 Å². The summed E-state index contributed by atoms with van der Waals surface area (Å²) < 4.78 is 707. The fourth-order valence-electron chi connectivity index (χ4n) is 12.8. The van der Waals surface area contributed by atoms with E-state index >= 15 is 0 Å². The van der Waals surface area contributed by atoms with Crippen molar-refractivity contribution in [2.24, 2.45) is 0 Å². The molecule has 0 radical (unpaired) electrons. The highest BCUT2D eigenvalue weighted by molar-refractivity contribution is 6.25. The first kappa shape index (κ1) is 26.1. The monoisotopic (exact) mass is 1580 g/mol. The largest absolute Gasteiger partial charge is 0.0636 e. The van der Waals surface area contributed by atoms with E-state index in [-0.39, 0.29) is 0 Å². The fraction of sp³-hybridized carbons (Fsp3) is 0. The van der Waals surface area contributed by atoms with Gasteiger partial charge in [0.15, 0.2) is 0 Å². The quantitative estimate of drug-likeness (QED) is 0.107. The molecule has 0 aliphatic heterocycles. The molecular weight excluding hydrogens is 1420 g/mol. The predicted molar refractivity (Wildman–Crippen MR) is 507 cm³/mol. The Balaban J connectivity index is 0.000000170. The molecule has 0 spiro atoms. The SMILES string of the molecule is [2H]c1c([2H])c([2H])c(-c2c([2H])c([2H])c([2H])c(-c3c4c([2H])c([2H])c([2H])c([2H])c4c(-c4c([2H])c([2H])c([2H])c([2H])c4[2H])c4c([2H])c(-c5c([2H])c([2H])c([2H])c([2H])c5[2H])c([2H])c([2H])c34)c2[2H])c([2H])c1[2H].[2H]c1c([2H])c([2H])c(-c2c([2H])c([2H])c([2H])c(-c3c4c([2H])c([2H])c([2H])c([2H])c4c(-c4c([2H])c([2H])c([2H])c([2H])c4[2H])c4c([2H])c(-c5c([2H])c([2H])c([2H])c6c([2H])c([2H])c([2H])c([2H])c56)c([2H])c([2H])c34)c2[2H])c([2H])c1[2H].[2H]c1c([2H])c([2H])c(-c2c([2H])c([2H])c([2H])c(-c3c4c([2H])c([2H])c([2H])c([2H])c4c(-c4c([2H])c([2H])c([2H])c([2H])c4[2H])c4c([2H])c([2H])c(-c5c([2H])c([2H])c([2H])c([2H])c5[2H])c([2H])c34)c2[2H])c([2H])c1[2H]. The molecular formula is C118H80. The van der Waals surface area contributed by atoms with Gasteiger partial charge in [-0.25, -0.2) is 0 Å². The lowest BCUT2D eigenvalue weighted by molar-refractivity contribution is 1.60. The molecule has 0 fully saturated rings. The minimum atomic E-state index is -1.14. The van der Waals surface area contributed by atoms with Gasteiger partial charge in [-0.05, 0) is 245 Å². The van der Waals surface area contributed by atoms with Gasteiger partial charge in [0.25, 0.3) is 0 Å². The zero-order chi connectivity index (χ0) is 148. The Morgan fingerprint density at radius 3 is 0.602 bits per heavy atom. The van der Waals surface area contributed by atoms with Crippen LogP contribution in [0.25, 0.3) is 209 Å². The Labute approximate surface area is 801 Å². The molecule has 0 saturated carbocycles. The second kappa shape index (κ2) is 32.3. The van der Waals surface area contributed by atoms with Crippen molar-refractivity contribution < 1.29 is 110 Å². The van der Waals surface area contributed by atoms with E-state index in [0.29, 0.717) is 0 Å². The van der Waals surface area contributed by atoms with Crippen molar-refractivity contribution in [3.8, 4) is 134 Å². The van der Waals surface area contributed by atoms with Crippen molar-refractivity contribution in [1.29, 1.82) is 0 Å². The highest BCUT2D eigenvalue weighted by Gasteiger charge is 2.23. The number of hydrogen-bond acceptors (Lipinski definition) is 0. The van der Waals surface area contributed by atoms with Crippen molar-refractivity contribution in [2.45, 2.75) is 0 Å². The fourth-order valence-corrected chi connectivity index (χ4v) is 12.8. The summed E-state index contributed by atoms with van der Waals surface area (Å²) in [5.74, 6) is 0. The smallest absolute Gasteiger partial charge is 0.0622 e. The maximum absolute atomic E-state index is 10.0. The summed E-state index contributed by atoms with van der Waals surface area (Å²) in [5.41, 5.74) is -20.0. The molecule has 0 heterocycles. The van der Waals surface area contributed by atoms with E-state index in [4.69, 9.17) is 80.9 Å². The maximum atomic E-state index is 10.0. The molecule has 0 aliphatic rings. The molecule has 0 aromatic heterocycles. The highest BCUT2D eigenvalue weighted by atomic mass is 14.3. The molecule has 0 N–H and O–H groups in total. The number of fused-ring (bicyclic) bond motifs is 7. The first-order valence-corrected chi connectivity index (χ1v) is 34.2. The van der Waals surface area contributed by atoms with Crippen LogP contribution in [-0.4, -0.2) is 0 Å². The molecule has 0 saturated heterocycles. The van der Waals surface area contributed by atoms with Gasteiger partial charge in [0.2, 0.25) is 0 Å². The van der Waals surface area contributed by atoms with E-state index in [0.717, 1.165) is 0 Å². The van der Waals surface area contributed by atoms with Crippen molar-refractivity contribution in [2.75, 3.05) is 0 Å². The van der Waals surface area contributed by atoms with E-state index < -0.39 is 692 Å². The lowest BCUT2D eigenvalue weighted by Crippen LogP contribution is -1.92. The average molecular weight is 1580 g/mol. The van der Waals surface area contributed by atoms with Crippen LogP contribution in [0.2, 0.25) is 0 Å². The van der Waals surface area contributed by atoms with Crippen LogP contribution in [0, 0.1) is 0 Å². The van der Waals surface area contributed by atoms with Crippen LogP contribution in [0.5, 0.6) is 0 Å². The van der Waals surface area contributed by atoms with E-state index in [1.807, 2.05) is 0 Å². The van der Waals surface area contributed by atoms with Gasteiger partial charge in [0.05, 0.1) is 110 Å². The zero-order valence-corrected chi connectivity index (χ0v) is 59.0. The van der Waals surface area contributed by atoms with E-state index in [1.165, 1.54) is 0 Å². The maximum Gasteiger partial charge on any atom is 0.0636 e. The third-order valence-electron chi connectivity index (χ3n) is 17.7. The van der Waals surface area contributed by atoms with Crippen molar-refractivity contribution >= 4 is 75.4 Å². The molecule has 0 nitrogen and oxygen atoms in total. The Morgan fingerprint density at radius 2 is 0.288 bits per heavy atom. The first-order valence-electron chi connectivity index (χ1n) is 74.2. The van der Waals surface area contributed by atoms with Crippen molar-refractivity contribution in [3.05, 3.63) is 483 Å². The molecule has 118 heavy (non-hydrogen) atoms. The molecule has 0 aliphatic carbocycles. The minimum absolute atomic E-state index is 0.650. The van der Waals surface area contributed by atoms with Crippen LogP contribution in [0.1, 0.15) is 110 Å². The molecule has 552 valence electrons. The molecule has 22 rings (SSSR count). The van der Waals surface area contributed by atoms with Crippen LogP contribution in [0.3, 0.4) is 0 Å². The van der Waals surface area contributed by atoms with Gasteiger partial charge in [0.1, 0.15) is 0 Å². The van der Waals surface area contributed by atoms with Gasteiger partial charge in [-0.2, -0.15) is 0 Å². The average Bonchev–Trinajstić information content (AvgIpc) is 0.685. The lowest BCUT2D eigenvalue weighted by atomic mass is 9.84. The minimum Gasteiger partial charge on any atom is -0.0622 e. The third kappa shape index (κ3) is 14.0. The van der Waals surface area contributed by atoms with E-state index in [1.54, 1.807) is 0 Å². The second-order valence-electron chi connectivity index (χ2n) is 24.2. The van der Waals surface area contributed by atoms with Crippen LogP contribution in [-0.2, 0) is 0 Å². The molecule has 22 aromatic rings. The van der Waals surface area contributed by atoms with Gasteiger partial charge in [0, 0.05) is 0 Å². The summed E-state index contributed by atoms with van der Waals surface area (Å²) in [6.45, 7) is 0. The summed E-state index contributed by atoms with van der Waals surface area (Å²) in [4.78, 5) is 0. The molecule has 0 bridgehead atoms. The van der Waals surface area contributed by atoms with Gasteiger partial charge in [-0.15, -0.1) is 0 Å². The summed E-state index contributed by atoms with van der Waals surface area (Å²) in [6.07, 6.45) is 0. The third-order valence-corrected chi connectivity index (χ3v) is 17.7. The molecule has 0 atom stereocenters. The van der Waals surface area contributed by atoms with Crippen molar-refractivity contribution in [3.63, 3.8) is 0 Å². The Kier molecular flexibility index (Phi) is 7.13. The predicted octanol–water partition coefficient (Wildman–Crippen LogP) is 33.1. The van der Waals surface area contributed by atoms with Crippen LogP contribution >= 0.6 is 0 Å². The van der Waals surface area contributed by atoms with Crippen LogP contribution in [0.15, 0.2) is 483 Å².